The lowest BCUT2D eigenvalue weighted by molar-refractivity contribution is -0.0500. The fourth-order valence-electron chi connectivity index (χ4n) is 3.34. The number of carbonyl (C=O) groups is 1. The van der Waals surface area contributed by atoms with Gasteiger partial charge in [-0.1, -0.05) is 36.4 Å². The van der Waals surface area contributed by atoms with Crippen LogP contribution in [0, 0.1) is 0 Å². The van der Waals surface area contributed by atoms with Crippen molar-refractivity contribution in [2.75, 3.05) is 20.5 Å². The Morgan fingerprint density at radius 1 is 0.821 bits per heavy atom. The van der Waals surface area contributed by atoms with Crippen molar-refractivity contribution < 1.29 is 57.4 Å². The lowest BCUT2D eigenvalue weighted by Crippen LogP contribution is -2.28. The summed E-state index contributed by atoms with van der Waals surface area (Å²) < 4.78 is 111. The molecule has 0 saturated heterocycles. The second-order valence-electron chi connectivity index (χ2n) is 7.73. The van der Waals surface area contributed by atoms with Crippen LogP contribution >= 0.6 is 0 Å². The van der Waals surface area contributed by atoms with Gasteiger partial charge in [-0.2, -0.15) is 30.0 Å². The highest BCUT2D eigenvalue weighted by atomic mass is 32.2. The van der Waals surface area contributed by atoms with Crippen LogP contribution in [0.5, 0.6) is 28.7 Å². The largest absolute Gasteiger partial charge is 0.534 e. The first-order valence-electron chi connectivity index (χ1n) is 10.7. The van der Waals surface area contributed by atoms with Gasteiger partial charge in [-0.25, -0.2) is 0 Å². The van der Waals surface area contributed by atoms with Crippen molar-refractivity contribution in [2.45, 2.75) is 12.1 Å². The third-order valence-electron chi connectivity index (χ3n) is 4.98. The summed E-state index contributed by atoms with van der Waals surface area (Å²) >= 11 is 0. The third-order valence-corrected chi connectivity index (χ3v) is 6.42. The molecular formula is C24H21F3O10S2. The van der Waals surface area contributed by atoms with Gasteiger partial charge in [0.1, 0.15) is 17.9 Å². The second kappa shape index (κ2) is 11.4. The summed E-state index contributed by atoms with van der Waals surface area (Å²) in [5.74, 6) is -2.22. The fourth-order valence-corrected chi connectivity index (χ4v) is 4.28. The zero-order chi connectivity index (χ0) is 29.0. The summed E-state index contributed by atoms with van der Waals surface area (Å²) in [7, 11) is -8.15. The van der Waals surface area contributed by atoms with Crippen LogP contribution < -0.4 is 22.6 Å². The van der Waals surface area contributed by atoms with Gasteiger partial charge in [0.05, 0.1) is 20.5 Å². The summed E-state index contributed by atoms with van der Waals surface area (Å²) in [6, 6.07) is 14.0. The molecule has 0 aliphatic heterocycles. The third kappa shape index (κ3) is 6.92. The smallest absolute Gasteiger partial charge is 0.495 e. The van der Waals surface area contributed by atoms with Crippen LogP contribution in [-0.2, 0) is 26.8 Å². The summed E-state index contributed by atoms with van der Waals surface area (Å²) in [6.45, 7) is 0.0620. The Bertz CT molecular complexity index is 1570. The standard InChI is InChI=1S/C24H21F3O10S2/c1-33-21-12-17(22(34-2)18(13-28)23(21)37-39(31,32)24(25,26)27)16-9-10-19(20(11-16)36-38(3,29)30)35-14-15-7-5-4-6-8-15/h4-13H,14H2,1-3H3. The Balaban J connectivity index is 2.17. The molecule has 210 valence electrons. The molecule has 0 bridgehead atoms. The van der Waals surface area contributed by atoms with Gasteiger partial charge in [0.15, 0.2) is 29.3 Å². The van der Waals surface area contributed by atoms with Crippen molar-refractivity contribution >= 4 is 26.5 Å². The molecule has 0 spiro atoms. The average Bonchev–Trinajstić information content (AvgIpc) is 2.86. The summed E-state index contributed by atoms with van der Waals surface area (Å²) in [5.41, 5.74) is -5.59. The number of rotatable bonds is 11. The molecule has 3 aromatic carbocycles. The molecule has 0 aliphatic carbocycles. The van der Waals surface area contributed by atoms with Crippen molar-refractivity contribution in [1.29, 1.82) is 0 Å². The topological polar surface area (TPSA) is 132 Å². The molecule has 0 aromatic heterocycles. The van der Waals surface area contributed by atoms with E-state index >= 15 is 0 Å². The van der Waals surface area contributed by atoms with E-state index in [2.05, 4.69) is 4.18 Å². The molecule has 0 saturated carbocycles. The van der Waals surface area contributed by atoms with Gasteiger partial charge in [-0.3, -0.25) is 4.79 Å². The van der Waals surface area contributed by atoms with Crippen LogP contribution in [0.2, 0.25) is 0 Å². The van der Waals surface area contributed by atoms with Crippen molar-refractivity contribution in [1.82, 2.24) is 0 Å². The van der Waals surface area contributed by atoms with E-state index in [-0.39, 0.29) is 41.3 Å². The van der Waals surface area contributed by atoms with Crippen LogP contribution in [0.15, 0.2) is 54.6 Å². The normalized spacial score (nSPS) is 11.9. The molecule has 0 radical (unpaired) electrons. The quantitative estimate of drug-likeness (QED) is 0.181. The minimum absolute atomic E-state index is 0.00108. The number of halogens is 3. The maximum absolute atomic E-state index is 13.0. The van der Waals surface area contributed by atoms with Gasteiger partial charge in [-0.15, -0.1) is 0 Å². The molecular weight excluding hydrogens is 569 g/mol. The van der Waals surface area contributed by atoms with Gasteiger partial charge in [0, 0.05) is 5.56 Å². The summed E-state index contributed by atoms with van der Waals surface area (Å²) in [5, 5.41) is 0. The Labute approximate surface area is 222 Å². The van der Waals surface area contributed by atoms with E-state index in [9.17, 15) is 34.8 Å². The first-order chi connectivity index (χ1) is 18.2. The zero-order valence-corrected chi connectivity index (χ0v) is 22.1. The number of hydrogen-bond donors (Lipinski definition) is 0. The molecule has 0 atom stereocenters. The van der Waals surface area contributed by atoms with Crippen molar-refractivity contribution in [3.63, 3.8) is 0 Å². The number of benzene rings is 3. The molecule has 0 aliphatic rings. The minimum Gasteiger partial charge on any atom is -0.495 e. The van der Waals surface area contributed by atoms with E-state index in [1.807, 2.05) is 0 Å². The van der Waals surface area contributed by atoms with Gasteiger partial charge in [0.25, 0.3) is 0 Å². The van der Waals surface area contributed by atoms with Crippen LogP contribution in [0.25, 0.3) is 11.1 Å². The monoisotopic (exact) mass is 590 g/mol. The predicted molar refractivity (Wildman–Crippen MR) is 132 cm³/mol. The lowest BCUT2D eigenvalue weighted by atomic mass is 9.99. The van der Waals surface area contributed by atoms with Gasteiger partial charge in [-0.05, 0) is 29.3 Å². The molecule has 0 heterocycles. The number of aldehydes is 1. The number of hydrogen-bond acceptors (Lipinski definition) is 10. The minimum atomic E-state index is -6.18. The second-order valence-corrected chi connectivity index (χ2v) is 10.8. The molecule has 0 amide bonds. The molecule has 3 rings (SSSR count). The van der Waals surface area contributed by atoms with E-state index in [0.29, 0.717) is 0 Å². The molecule has 0 fully saturated rings. The van der Waals surface area contributed by atoms with E-state index in [0.717, 1.165) is 32.1 Å². The molecule has 0 unspecified atom stereocenters. The number of alkyl halides is 3. The highest BCUT2D eigenvalue weighted by Gasteiger charge is 2.49. The number of carbonyl (C=O) groups excluding carboxylic acids is 1. The first-order valence-corrected chi connectivity index (χ1v) is 13.9. The maximum atomic E-state index is 13.0. The van der Waals surface area contributed by atoms with Crippen LogP contribution in [-0.4, -0.2) is 49.1 Å². The Hall–Kier alpha value is -3.98. The van der Waals surface area contributed by atoms with E-state index in [4.69, 9.17) is 18.4 Å². The lowest BCUT2D eigenvalue weighted by Gasteiger charge is -2.19. The number of methoxy groups -OCH3 is 2. The Kier molecular flexibility index (Phi) is 8.65. The van der Waals surface area contributed by atoms with Crippen molar-refractivity contribution in [3.8, 4) is 39.9 Å². The molecule has 0 N–H and O–H groups in total. The first kappa shape index (κ1) is 29.6. The Morgan fingerprint density at radius 2 is 1.49 bits per heavy atom. The van der Waals surface area contributed by atoms with Crippen LogP contribution in [0.3, 0.4) is 0 Å². The molecule has 3 aromatic rings. The van der Waals surface area contributed by atoms with Crippen LogP contribution in [0.1, 0.15) is 15.9 Å². The van der Waals surface area contributed by atoms with Gasteiger partial charge < -0.3 is 22.6 Å². The van der Waals surface area contributed by atoms with E-state index in [1.165, 1.54) is 18.2 Å². The zero-order valence-electron chi connectivity index (χ0n) is 20.5. The van der Waals surface area contributed by atoms with Gasteiger partial charge >= 0.3 is 25.7 Å². The SMILES string of the molecule is COc1cc(-c2ccc(OCc3ccccc3)c(OS(C)(=O)=O)c2)c(OC)c(C=O)c1OS(=O)(=O)C(F)(F)F. The highest BCUT2D eigenvalue weighted by molar-refractivity contribution is 7.88. The average molecular weight is 591 g/mol. The van der Waals surface area contributed by atoms with E-state index in [1.54, 1.807) is 30.3 Å². The molecule has 39 heavy (non-hydrogen) atoms. The highest BCUT2D eigenvalue weighted by Crippen LogP contribution is 2.47. The number of ether oxygens (including phenoxy) is 3. The summed E-state index contributed by atoms with van der Waals surface area (Å²) in [4.78, 5) is 11.9. The van der Waals surface area contributed by atoms with Crippen molar-refractivity contribution in [3.05, 3.63) is 65.7 Å². The summed E-state index contributed by atoms with van der Waals surface area (Å²) in [6.07, 6.45) is 0.833. The molecule has 10 nitrogen and oxygen atoms in total. The predicted octanol–water partition coefficient (Wildman–Crippen LogP) is 4.33. The van der Waals surface area contributed by atoms with Crippen molar-refractivity contribution in [2.24, 2.45) is 0 Å². The van der Waals surface area contributed by atoms with Gasteiger partial charge in [0.2, 0.25) is 0 Å². The maximum Gasteiger partial charge on any atom is 0.534 e. The van der Waals surface area contributed by atoms with Crippen LogP contribution in [0.4, 0.5) is 13.2 Å². The van der Waals surface area contributed by atoms with E-state index < -0.39 is 42.8 Å². The molecule has 15 heteroatoms. The fraction of sp³-hybridized carbons (Fsp3) is 0.208. The Morgan fingerprint density at radius 3 is 2.03 bits per heavy atom.